The van der Waals surface area contributed by atoms with Crippen LogP contribution in [0, 0.1) is 12.8 Å². The van der Waals surface area contributed by atoms with Crippen LogP contribution in [0.1, 0.15) is 80.6 Å². The first-order valence-electron chi connectivity index (χ1n) is 25.2. The molecule has 0 aliphatic carbocycles. The molecule has 0 saturated carbocycles. The summed E-state index contributed by atoms with van der Waals surface area (Å²) in [6.07, 6.45) is 3.82. The number of hydrogen-bond donors (Lipinski definition) is 2. The van der Waals surface area contributed by atoms with E-state index < -0.39 is 14.0 Å². The van der Waals surface area contributed by atoms with E-state index in [4.69, 9.17) is 14.2 Å². The number of urea groups is 1. The van der Waals surface area contributed by atoms with Crippen LogP contribution in [-0.2, 0) is 19.7 Å². The van der Waals surface area contributed by atoms with Crippen LogP contribution in [0.25, 0.3) is 33.5 Å². The van der Waals surface area contributed by atoms with Crippen molar-refractivity contribution in [1.82, 2.24) is 40.2 Å². The number of aromatic nitrogens is 5. The number of anilines is 3. The fourth-order valence-electron chi connectivity index (χ4n) is 9.68. The molecule has 72 heavy (non-hydrogen) atoms. The number of ether oxygens (including phenoxy) is 1. The summed E-state index contributed by atoms with van der Waals surface area (Å²) < 4.78 is 11.0. The Labute approximate surface area is 422 Å². The molecule has 0 spiro atoms. The highest BCUT2D eigenvalue weighted by Gasteiger charge is 2.34. The lowest BCUT2D eigenvalue weighted by Crippen LogP contribution is -2.53. The summed E-state index contributed by atoms with van der Waals surface area (Å²) in [4.78, 5) is 79.0. The molecule has 9 rings (SSSR count). The molecular formula is C54H67N11O6Si. The first kappa shape index (κ1) is 50.0. The van der Waals surface area contributed by atoms with E-state index in [0.29, 0.717) is 38.0 Å². The number of nitrogens with one attached hydrogen (secondary N) is 2. The van der Waals surface area contributed by atoms with Gasteiger partial charge in [-0.1, -0.05) is 69.8 Å². The van der Waals surface area contributed by atoms with E-state index in [2.05, 4.69) is 103 Å². The van der Waals surface area contributed by atoms with Crippen molar-refractivity contribution in [2.24, 2.45) is 5.92 Å². The molecule has 18 heteroatoms. The van der Waals surface area contributed by atoms with Crippen LogP contribution in [0.3, 0.4) is 0 Å². The van der Waals surface area contributed by atoms with Crippen molar-refractivity contribution < 1.29 is 28.4 Å². The zero-order chi connectivity index (χ0) is 50.9. The van der Waals surface area contributed by atoms with Gasteiger partial charge in [0.25, 0.3) is 0 Å². The molecule has 3 aliphatic rings. The van der Waals surface area contributed by atoms with Crippen LogP contribution >= 0.6 is 0 Å². The van der Waals surface area contributed by atoms with Crippen molar-refractivity contribution in [1.29, 1.82) is 0 Å². The lowest BCUT2D eigenvalue weighted by atomic mass is 9.95. The fraction of sp³-hybridized carbons (Fsp3) is 0.444. The number of nitrogens with zero attached hydrogens (tertiary/aromatic N) is 9. The van der Waals surface area contributed by atoms with Gasteiger partial charge in [-0.2, -0.15) is 4.98 Å². The van der Waals surface area contributed by atoms with Crippen molar-refractivity contribution in [2.45, 2.75) is 91.0 Å². The van der Waals surface area contributed by atoms with Crippen LogP contribution in [0.2, 0.25) is 25.7 Å². The predicted octanol–water partition coefficient (Wildman–Crippen LogP) is 8.81. The third-order valence-corrected chi connectivity index (χ3v) is 15.8. The molecule has 3 aromatic carbocycles. The minimum Gasteiger partial charge on any atom is -0.372 e. The SMILES string of the molecule is Cc1cc(-c2ncnc3[nH]c(-c4ccc(N5CCN(CC6CCN(c7ccc(N8CCC(=O)N(COCC[Si](C)(C)C)C8=O)cc7)CC6)C(=O)C5)cc4)cc23)ccc1C(C)NC(=O)c1nc(C(C)(C)C)no1. The van der Waals surface area contributed by atoms with E-state index in [1.807, 2.05) is 63.8 Å². The van der Waals surface area contributed by atoms with Gasteiger partial charge < -0.3 is 34.3 Å². The van der Waals surface area contributed by atoms with E-state index in [1.54, 1.807) is 11.2 Å². The molecule has 6 aromatic rings. The molecule has 378 valence electrons. The number of fused-ring (bicyclic) bond motifs is 1. The molecule has 17 nitrogen and oxygen atoms in total. The van der Waals surface area contributed by atoms with Gasteiger partial charge in [-0.05, 0) is 104 Å². The van der Waals surface area contributed by atoms with E-state index >= 15 is 0 Å². The summed E-state index contributed by atoms with van der Waals surface area (Å²) >= 11 is 0. The third-order valence-electron chi connectivity index (χ3n) is 14.1. The Balaban J connectivity index is 0.751. The highest BCUT2D eigenvalue weighted by Crippen LogP contribution is 2.34. The zero-order valence-electron chi connectivity index (χ0n) is 42.8. The van der Waals surface area contributed by atoms with Crippen LogP contribution in [0.4, 0.5) is 21.9 Å². The van der Waals surface area contributed by atoms with Crippen molar-refractivity contribution in [2.75, 3.05) is 73.9 Å². The number of benzene rings is 3. The van der Waals surface area contributed by atoms with E-state index in [0.717, 1.165) is 107 Å². The third kappa shape index (κ3) is 11.2. The number of rotatable bonds is 15. The van der Waals surface area contributed by atoms with E-state index in [9.17, 15) is 19.2 Å². The number of piperidine rings is 1. The average Bonchev–Trinajstić information content (AvgIpc) is 4.04. The summed E-state index contributed by atoms with van der Waals surface area (Å²) in [5.41, 5.74) is 8.88. The zero-order valence-corrected chi connectivity index (χ0v) is 43.8. The molecule has 3 saturated heterocycles. The standard InChI is InChI=1S/C54H67N11O6Si/c1-35-29-39(11-18-43(35)36(2)57-50(68)51-59-52(60-71-51)54(3,4)5)48-44-30-45(58-49(44)56-33-55-48)38-9-12-41(13-10-38)62-25-26-63(47(67)32-62)31-37-19-22-61(23-20-37)40-14-16-42(17-15-40)64-24-21-46(66)65(53(64)69)34-70-27-28-72(6,7)8/h9-18,29-30,33,36-37H,19-28,31-32,34H2,1-8H3,(H,57,68)(H,55,56,58). The van der Waals surface area contributed by atoms with Crippen molar-refractivity contribution in [3.05, 3.63) is 102 Å². The summed E-state index contributed by atoms with van der Waals surface area (Å²) in [5.74, 6) is 0.378. The van der Waals surface area contributed by atoms with E-state index in [1.165, 1.54) is 4.90 Å². The lowest BCUT2D eigenvalue weighted by Gasteiger charge is -2.40. The first-order valence-corrected chi connectivity index (χ1v) is 28.9. The van der Waals surface area contributed by atoms with Gasteiger partial charge in [-0.15, -0.1) is 0 Å². The van der Waals surface area contributed by atoms with Crippen molar-refractivity contribution in [3.8, 4) is 22.5 Å². The molecule has 6 heterocycles. The minimum atomic E-state index is -1.28. The number of piperazine rings is 1. The molecule has 0 bridgehead atoms. The Bertz CT molecular complexity index is 2930. The normalized spacial score (nSPS) is 16.8. The van der Waals surface area contributed by atoms with Crippen LogP contribution in [-0.4, -0.2) is 126 Å². The average molecular weight is 994 g/mol. The maximum absolute atomic E-state index is 13.6. The number of imide groups is 1. The highest BCUT2D eigenvalue weighted by atomic mass is 28.3. The number of H-pyrrole nitrogens is 1. The second-order valence-electron chi connectivity index (χ2n) is 21.7. The fourth-order valence-corrected chi connectivity index (χ4v) is 10.4. The number of amides is 5. The first-order chi connectivity index (χ1) is 34.4. The summed E-state index contributed by atoms with van der Waals surface area (Å²) in [7, 11) is -1.28. The van der Waals surface area contributed by atoms with Crippen LogP contribution in [0.15, 0.2) is 83.6 Å². The molecule has 5 amide bonds. The highest BCUT2D eigenvalue weighted by molar-refractivity contribution is 6.76. The van der Waals surface area contributed by atoms with Gasteiger partial charge in [0.2, 0.25) is 11.8 Å². The largest absolute Gasteiger partial charge is 0.372 e. The van der Waals surface area contributed by atoms with Gasteiger partial charge in [0.1, 0.15) is 18.7 Å². The molecule has 2 N–H and O–H groups in total. The Morgan fingerprint density at radius 1 is 0.861 bits per heavy atom. The monoisotopic (exact) mass is 994 g/mol. The summed E-state index contributed by atoms with van der Waals surface area (Å²) in [6, 6.07) is 24.9. The number of hydrogen-bond acceptors (Lipinski definition) is 12. The van der Waals surface area contributed by atoms with Gasteiger partial charge in [0.05, 0.1) is 18.3 Å². The van der Waals surface area contributed by atoms with Gasteiger partial charge in [-0.25, -0.2) is 19.7 Å². The number of carbonyl (C=O) groups is 4. The molecule has 3 aromatic heterocycles. The van der Waals surface area contributed by atoms with Crippen molar-refractivity contribution in [3.63, 3.8) is 0 Å². The molecule has 0 radical (unpaired) electrons. The minimum absolute atomic E-state index is 0.0101. The molecular weight excluding hydrogens is 927 g/mol. The Morgan fingerprint density at radius 3 is 2.24 bits per heavy atom. The molecule has 3 aliphatic heterocycles. The lowest BCUT2D eigenvalue weighted by molar-refractivity contribution is -0.133. The predicted molar refractivity (Wildman–Crippen MR) is 282 cm³/mol. The van der Waals surface area contributed by atoms with Crippen LogP contribution < -0.4 is 20.0 Å². The second-order valence-corrected chi connectivity index (χ2v) is 27.3. The van der Waals surface area contributed by atoms with Crippen LogP contribution in [0.5, 0.6) is 0 Å². The summed E-state index contributed by atoms with van der Waals surface area (Å²) in [5, 5.41) is 7.86. The molecule has 1 atom stereocenters. The van der Waals surface area contributed by atoms with Gasteiger partial charge >= 0.3 is 17.8 Å². The number of carbonyl (C=O) groups excluding carboxylic acids is 4. The Hall–Kier alpha value is -6.92. The van der Waals surface area contributed by atoms with Gasteiger partial charge in [0, 0.05) is 99.5 Å². The second kappa shape index (κ2) is 20.7. The Morgan fingerprint density at radius 2 is 1.56 bits per heavy atom. The smallest absolute Gasteiger partial charge is 0.333 e. The maximum atomic E-state index is 13.6. The van der Waals surface area contributed by atoms with Gasteiger partial charge in [-0.3, -0.25) is 19.3 Å². The van der Waals surface area contributed by atoms with E-state index in [-0.39, 0.29) is 48.3 Å². The topological polar surface area (TPSA) is 186 Å². The van der Waals surface area contributed by atoms with Crippen molar-refractivity contribution >= 4 is 59.9 Å². The summed E-state index contributed by atoms with van der Waals surface area (Å²) in [6.45, 7) is 21.9. The number of aryl methyl sites for hydroxylation is 1. The molecule has 3 fully saturated rings. The maximum Gasteiger partial charge on any atom is 0.333 e. The Kier molecular flexibility index (Phi) is 14.4. The molecule has 1 unspecified atom stereocenters. The quantitative estimate of drug-likeness (QED) is 0.0737. The number of aromatic amines is 1. The van der Waals surface area contributed by atoms with Gasteiger partial charge in [0.15, 0.2) is 5.82 Å².